The van der Waals surface area contributed by atoms with Gasteiger partial charge in [-0.3, -0.25) is 14.4 Å². The molecular weight excluding hydrogens is 390 g/mol. The third-order valence-electron chi connectivity index (χ3n) is 5.84. The van der Waals surface area contributed by atoms with Gasteiger partial charge in [0.05, 0.1) is 0 Å². The SMILES string of the molecule is Cl.NCCC(=O)NCC1CCCCN1C(=O)CCC(=O)c1ccc2c(c1)CCC2. The van der Waals surface area contributed by atoms with E-state index in [1.54, 1.807) is 0 Å². The zero-order valence-electron chi connectivity index (χ0n) is 17.0. The molecule has 1 aromatic rings. The van der Waals surface area contributed by atoms with Crippen molar-refractivity contribution >= 4 is 30.0 Å². The average molecular weight is 422 g/mol. The van der Waals surface area contributed by atoms with Crippen molar-refractivity contribution in [2.45, 2.75) is 63.8 Å². The van der Waals surface area contributed by atoms with Gasteiger partial charge in [0.1, 0.15) is 0 Å². The topological polar surface area (TPSA) is 92.5 Å². The number of rotatable bonds is 8. The van der Waals surface area contributed by atoms with Crippen LogP contribution in [-0.2, 0) is 22.4 Å². The van der Waals surface area contributed by atoms with Crippen LogP contribution in [0, 0.1) is 0 Å². The third-order valence-corrected chi connectivity index (χ3v) is 5.84. The van der Waals surface area contributed by atoms with Crippen LogP contribution in [0.25, 0.3) is 0 Å². The predicted molar refractivity (Wildman–Crippen MR) is 115 cm³/mol. The first kappa shape index (κ1) is 23.4. The van der Waals surface area contributed by atoms with Crippen molar-refractivity contribution < 1.29 is 14.4 Å². The molecule has 3 rings (SSSR count). The van der Waals surface area contributed by atoms with Gasteiger partial charge in [0.2, 0.25) is 11.8 Å². The molecule has 1 unspecified atom stereocenters. The lowest BCUT2D eigenvalue weighted by molar-refractivity contribution is -0.135. The Balaban J connectivity index is 0.00000300. The van der Waals surface area contributed by atoms with Crippen LogP contribution >= 0.6 is 12.4 Å². The van der Waals surface area contributed by atoms with E-state index in [1.807, 2.05) is 17.0 Å². The van der Waals surface area contributed by atoms with Crippen molar-refractivity contribution in [3.8, 4) is 0 Å². The monoisotopic (exact) mass is 421 g/mol. The summed E-state index contributed by atoms with van der Waals surface area (Å²) in [7, 11) is 0. The van der Waals surface area contributed by atoms with Crippen LogP contribution in [-0.4, -0.2) is 48.2 Å². The molecule has 2 aliphatic rings. The Morgan fingerprint density at radius 1 is 1.03 bits per heavy atom. The minimum absolute atomic E-state index is 0. The Morgan fingerprint density at radius 2 is 1.83 bits per heavy atom. The lowest BCUT2D eigenvalue weighted by Crippen LogP contribution is -2.49. The van der Waals surface area contributed by atoms with Gasteiger partial charge >= 0.3 is 0 Å². The summed E-state index contributed by atoms with van der Waals surface area (Å²) in [5.41, 5.74) is 8.75. The van der Waals surface area contributed by atoms with E-state index >= 15 is 0 Å². The molecular formula is C22H32ClN3O3. The Bertz CT molecular complexity index is 738. The number of ketones is 1. The first-order chi connectivity index (χ1) is 13.6. The number of nitrogens with one attached hydrogen (secondary N) is 1. The Kier molecular flexibility index (Phi) is 9.11. The molecule has 0 radical (unpaired) electrons. The van der Waals surface area contributed by atoms with E-state index in [-0.39, 0.29) is 48.9 Å². The van der Waals surface area contributed by atoms with Gasteiger partial charge in [0, 0.05) is 50.5 Å². The van der Waals surface area contributed by atoms with E-state index in [0.29, 0.717) is 26.1 Å². The lowest BCUT2D eigenvalue weighted by Gasteiger charge is -2.36. The highest BCUT2D eigenvalue weighted by molar-refractivity contribution is 5.98. The number of fused-ring (bicyclic) bond motifs is 1. The van der Waals surface area contributed by atoms with Crippen LogP contribution in [0.15, 0.2) is 18.2 Å². The summed E-state index contributed by atoms with van der Waals surface area (Å²) in [6.45, 7) is 1.48. The minimum Gasteiger partial charge on any atom is -0.354 e. The summed E-state index contributed by atoms with van der Waals surface area (Å²) in [6, 6.07) is 5.97. The number of piperidine rings is 1. The molecule has 2 amide bonds. The quantitative estimate of drug-likeness (QED) is 0.630. The van der Waals surface area contributed by atoms with Crippen LogP contribution in [0.1, 0.15) is 66.4 Å². The maximum Gasteiger partial charge on any atom is 0.223 e. The van der Waals surface area contributed by atoms with Gasteiger partial charge in [-0.25, -0.2) is 0 Å². The number of carbonyl (C=O) groups is 3. The average Bonchev–Trinajstić information content (AvgIpc) is 3.18. The van der Waals surface area contributed by atoms with E-state index in [9.17, 15) is 14.4 Å². The van der Waals surface area contributed by atoms with E-state index < -0.39 is 0 Å². The predicted octanol–water partition coefficient (Wildman–Crippen LogP) is 2.41. The molecule has 1 heterocycles. The molecule has 3 N–H and O–H groups in total. The van der Waals surface area contributed by atoms with E-state index in [2.05, 4.69) is 11.4 Å². The Morgan fingerprint density at radius 3 is 2.62 bits per heavy atom. The first-order valence-electron chi connectivity index (χ1n) is 10.5. The maximum absolute atomic E-state index is 12.7. The first-order valence-corrected chi connectivity index (χ1v) is 10.5. The molecule has 29 heavy (non-hydrogen) atoms. The van der Waals surface area contributed by atoms with Crippen molar-refractivity contribution in [1.29, 1.82) is 0 Å². The van der Waals surface area contributed by atoms with Crippen LogP contribution < -0.4 is 11.1 Å². The molecule has 0 spiro atoms. The molecule has 1 atom stereocenters. The van der Waals surface area contributed by atoms with Crippen LogP contribution in [0.2, 0.25) is 0 Å². The van der Waals surface area contributed by atoms with Crippen molar-refractivity contribution in [3.63, 3.8) is 0 Å². The number of nitrogens with two attached hydrogens (primary N) is 1. The minimum atomic E-state index is -0.0766. The maximum atomic E-state index is 12.7. The van der Waals surface area contributed by atoms with Crippen molar-refractivity contribution in [2.75, 3.05) is 19.6 Å². The number of benzene rings is 1. The molecule has 1 aliphatic carbocycles. The van der Waals surface area contributed by atoms with E-state index in [4.69, 9.17) is 5.73 Å². The summed E-state index contributed by atoms with van der Waals surface area (Å²) < 4.78 is 0. The van der Waals surface area contributed by atoms with Gasteiger partial charge in [0.15, 0.2) is 5.78 Å². The molecule has 1 aliphatic heterocycles. The molecule has 1 fully saturated rings. The molecule has 6 nitrogen and oxygen atoms in total. The van der Waals surface area contributed by atoms with Gasteiger partial charge in [-0.2, -0.15) is 0 Å². The zero-order valence-corrected chi connectivity index (χ0v) is 17.8. The fourth-order valence-corrected chi connectivity index (χ4v) is 4.25. The number of nitrogens with zero attached hydrogens (tertiary/aromatic N) is 1. The molecule has 1 saturated heterocycles. The third kappa shape index (κ3) is 6.28. The second kappa shape index (κ2) is 11.3. The van der Waals surface area contributed by atoms with Gasteiger partial charge in [-0.15, -0.1) is 12.4 Å². The van der Waals surface area contributed by atoms with Gasteiger partial charge in [-0.1, -0.05) is 12.1 Å². The van der Waals surface area contributed by atoms with Crippen molar-refractivity contribution in [2.24, 2.45) is 5.73 Å². The lowest BCUT2D eigenvalue weighted by atomic mass is 9.99. The molecule has 0 aromatic heterocycles. The highest BCUT2D eigenvalue weighted by Crippen LogP contribution is 2.24. The number of Topliss-reactive ketones (excluding diaryl/α,β-unsaturated/α-hetero) is 1. The number of halogens is 1. The normalized spacial score (nSPS) is 18.0. The molecule has 0 bridgehead atoms. The van der Waals surface area contributed by atoms with Gasteiger partial charge in [0.25, 0.3) is 0 Å². The molecule has 7 heteroatoms. The number of hydrogen-bond acceptors (Lipinski definition) is 4. The van der Waals surface area contributed by atoms with Crippen LogP contribution in [0.3, 0.4) is 0 Å². The number of likely N-dealkylation sites (tertiary alicyclic amines) is 1. The van der Waals surface area contributed by atoms with E-state index in [1.165, 1.54) is 11.1 Å². The summed E-state index contributed by atoms with van der Waals surface area (Å²) >= 11 is 0. The van der Waals surface area contributed by atoms with Crippen molar-refractivity contribution in [1.82, 2.24) is 10.2 Å². The Hall–Kier alpha value is -1.92. The smallest absolute Gasteiger partial charge is 0.223 e. The van der Waals surface area contributed by atoms with Crippen molar-refractivity contribution in [3.05, 3.63) is 34.9 Å². The van der Waals surface area contributed by atoms with Crippen LogP contribution in [0.4, 0.5) is 0 Å². The number of aryl methyl sites for hydroxylation is 2. The summed E-state index contributed by atoms with van der Waals surface area (Å²) in [4.78, 5) is 38.8. The summed E-state index contributed by atoms with van der Waals surface area (Å²) in [5.74, 6) is -0.0348. The fraction of sp³-hybridized carbons (Fsp3) is 0.591. The summed E-state index contributed by atoms with van der Waals surface area (Å²) in [5, 5.41) is 2.87. The van der Waals surface area contributed by atoms with Gasteiger partial charge in [-0.05, 0) is 55.7 Å². The highest BCUT2D eigenvalue weighted by Gasteiger charge is 2.27. The summed E-state index contributed by atoms with van der Waals surface area (Å²) in [6.07, 6.45) is 6.96. The fourth-order valence-electron chi connectivity index (χ4n) is 4.25. The molecule has 0 saturated carbocycles. The molecule has 160 valence electrons. The standard InChI is InChI=1S/C22H31N3O3.ClH/c23-12-11-21(27)24-15-19-6-1-2-13-25(19)22(28)10-9-20(26)18-8-7-16-4-3-5-17(16)14-18;/h7-8,14,19H,1-6,9-13,15,23H2,(H,24,27);1H. The van der Waals surface area contributed by atoms with Crippen LogP contribution in [0.5, 0.6) is 0 Å². The second-order valence-corrected chi connectivity index (χ2v) is 7.84. The Labute approximate surface area is 179 Å². The number of hydrogen-bond donors (Lipinski definition) is 2. The molecule has 1 aromatic carbocycles. The largest absolute Gasteiger partial charge is 0.354 e. The second-order valence-electron chi connectivity index (χ2n) is 7.84. The van der Waals surface area contributed by atoms with Gasteiger partial charge < -0.3 is 16.0 Å². The number of carbonyl (C=O) groups excluding carboxylic acids is 3. The highest BCUT2D eigenvalue weighted by atomic mass is 35.5. The zero-order chi connectivity index (χ0) is 19.9. The number of amides is 2. The van der Waals surface area contributed by atoms with E-state index in [0.717, 1.165) is 44.1 Å².